The van der Waals surface area contributed by atoms with E-state index in [4.69, 9.17) is 20.1 Å². The molecule has 5 nitrogen and oxygen atoms in total. The van der Waals surface area contributed by atoms with Crippen LogP contribution in [0.25, 0.3) is 0 Å². The summed E-state index contributed by atoms with van der Waals surface area (Å²) in [7, 11) is 0. The molecule has 0 amide bonds. The molecule has 0 aromatic rings. The number of hydrogen-bond acceptors (Lipinski definition) is 5. The van der Waals surface area contributed by atoms with Gasteiger partial charge in [-0.15, -0.1) is 0 Å². The molecule has 0 spiro atoms. The maximum atomic E-state index is 9.80. The zero-order chi connectivity index (χ0) is 12.4. The van der Waals surface area contributed by atoms with Crippen LogP contribution >= 0.6 is 0 Å². The van der Waals surface area contributed by atoms with Gasteiger partial charge in [0, 0.05) is 13.2 Å². The molecule has 0 aliphatic carbocycles. The molecule has 0 aromatic carbocycles. The lowest BCUT2D eigenvalue weighted by Crippen LogP contribution is -2.31. The van der Waals surface area contributed by atoms with Crippen molar-refractivity contribution in [3.63, 3.8) is 0 Å². The Morgan fingerprint density at radius 2 is 1.81 bits per heavy atom. The highest BCUT2D eigenvalue weighted by molar-refractivity contribution is 4.97. The summed E-state index contributed by atoms with van der Waals surface area (Å²) >= 11 is 0. The molecule has 0 bridgehead atoms. The van der Waals surface area contributed by atoms with Crippen molar-refractivity contribution < 1.29 is 25.2 Å². The van der Waals surface area contributed by atoms with Crippen molar-refractivity contribution in [2.45, 2.75) is 31.5 Å². The fraction of sp³-hybridized carbons (Fsp3) is 0.818. The summed E-state index contributed by atoms with van der Waals surface area (Å²) in [6, 6.07) is 0. The lowest BCUT2D eigenvalue weighted by molar-refractivity contribution is -0.0566. The highest BCUT2D eigenvalue weighted by Gasteiger charge is 2.19. The minimum absolute atomic E-state index is 0.00766. The molecule has 0 aliphatic rings. The van der Waals surface area contributed by atoms with Gasteiger partial charge in [-0.2, -0.15) is 0 Å². The van der Waals surface area contributed by atoms with Gasteiger partial charge in [0.05, 0.1) is 25.4 Å². The summed E-state index contributed by atoms with van der Waals surface area (Å²) < 4.78 is 5.21. The van der Waals surface area contributed by atoms with Crippen LogP contribution in [0, 0.1) is 0 Å². The summed E-state index contributed by atoms with van der Waals surface area (Å²) in [6.07, 6.45) is -0.182. The molecule has 0 rings (SSSR count). The molecule has 0 saturated heterocycles. The first-order valence-corrected chi connectivity index (χ1v) is 5.44. The lowest BCUT2D eigenvalue weighted by atomic mass is 10.0. The van der Waals surface area contributed by atoms with Crippen molar-refractivity contribution in [2.24, 2.45) is 0 Å². The van der Waals surface area contributed by atoms with E-state index in [0.717, 1.165) is 5.57 Å². The number of aliphatic hydroxyl groups excluding tert-OH is 4. The van der Waals surface area contributed by atoms with E-state index in [9.17, 15) is 5.11 Å². The van der Waals surface area contributed by atoms with Crippen LogP contribution in [-0.2, 0) is 4.74 Å². The minimum atomic E-state index is -0.766. The zero-order valence-electron chi connectivity index (χ0n) is 9.51. The Morgan fingerprint density at radius 1 is 1.12 bits per heavy atom. The number of ether oxygens (including phenoxy) is 1. The fourth-order valence-corrected chi connectivity index (χ4v) is 1.41. The zero-order valence-corrected chi connectivity index (χ0v) is 9.51. The molecule has 16 heavy (non-hydrogen) atoms. The normalized spacial score (nSPS) is 14.8. The van der Waals surface area contributed by atoms with Crippen molar-refractivity contribution in [1.82, 2.24) is 0 Å². The molecule has 0 radical (unpaired) electrons. The van der Waals surface area contributed by atoms with Gasteiger partial charge in [-0.1, -0.05) is 12.2 Å². The van der Waals surface area contributed by atoms with Crippen molar-refractivity contribution >= 4 is 0 Å². The van der Waals surface area contributed by atoms with Crippen LogP contribution in [0.3, 0.4) is 0 Å². The van der Waals surface area contributed by atoms with Gasteiger partial charge in [0.1, 0.15) is 0 Å². The van der Waals surface area contributed by atoms with Gasteiger partial charge in [-0.05, 0) is 19.3 Å². The van der Waals surface area contributed by atoms with Crippen LogP contribution in [-0.4, -0.2) is 59.1 Å². The average molecular weight is 234 g/mol. The topological polar surface area (TPSA) is 90.2 Å². The standard InChI is InChI=1S/C11H22O5/c1-9(2-4-12)8-10(15)11(3-5-13)16-7-6-14/h10-15H,1-8H2. The van der Waals surface area contributed by atoms with Gasteiger partial charge in [0.2, 0.25) is 0 Å². The van der Waals surface area contributed by atoms with Crippen LogP contribution < -0.4 is 0 Å². The van der Waals surface area contributed by atoms with Gasteiger partial charge in [-0.3, -0.25) is 0 Å². The maximum Gasteiger partial charge on any atom is 0.0860 e. The Balaban J connectivity index is 4.03. The third-order valence-corrected chi connectivity index (χ3v) is 2.23. The second-order valence-electron chi connectivity index (χ2n) is 3.64. The van der Waals surface area contributed by atoms with Gasteiger partial charge >= 0.3 is 0 Å². The monoisotopic (exact) mass is 234 g/mol. The molecular weight excluding hydrogens is 212 g/mol. The van der Waals surface area contributed by atoms with Gasteiger partial charge in [0.15, 0.2) is 0 Å². The first kappa shape index (κ1) is 15.5. The average Bonchev–Trinajstić information content (AvgIpc) is 2.24. The highest BCUT2D eigenvalue weighted by Crippen LogP contribution is 2.14. The van der Waals surface area contributed by atoms with Crippen LogP contribution in [0.2, 0.25) is 0 Å². The molecule has 2 unspecified atom stereocenters. The molecule has 5 heteroatoms. The number of aliphatic hydroxyl groups is 4. The first-order chi connectivity index (χ1) is 7.65. The minimum Gasteiger partial charge on any atom is -0.396 e. The summed E-state index contributed by atoms with van der Waals surface area (Å²) in [4.78, 5) is 0. The predicted octanol–water partition coefficient (Wildman–Crippen LogP) is -0.564. The van der Waals surface area contributed by atoms with E-state index in [1.54, 1.807) is 0 Å². The fourth-order valence-electron chi connectivity index (χ4n) is 1.41. The molecule has 0 heterocycles. The van der Waals surface area contributed by atoms with E-state index in [2.05, 4.69) is 6.58 Å². The number of rotatable bonds is 10. The van der Waals surface area contributed by atoms with E-state index >= 15 is 0 Å². The second kappa shape index (κ2) is 9.74. The van der Waals surface area contributed by atoms with Crippen LogP contribution in [0.5, 0.6) is 0 Å². The van der Waals surface area contributed by atoms with E-state index in [1.165, 1.54) is 0 Å². The molecule has 0 aliphatic heterocycles. The molecule has 96 valence electrons. The van der Waals surface area contributed by atoms with E-state index < -0.39 is 12.2 Å². The van der Waals surface area contributed by atoms with Gasteiger partial charge in [-0.25, -0.2) is 0 Å². The van der Waals surface area contributed by atoms with Crippen LogP contribution in [0.15, 0.2) is 12.2 Å². The Morgan fingerprint density at radius 3 is 2.31 bits per heavy atom. The van der Waals surface area contributed by atoms with Crippen molar-refractivity contribution in [1.29, 1.82) is 0 Å². The molecule has 4 N–H and O–H groups in total. The SMILES string of the molecule is C=C(CCO)CC(O)C(CCO)OCCO. The third-order valence-electron chi connectivity index (χ3n) is 2.23. The predicted molar refractivity (Wildman–Crippen MR) is 60.0 cm³/mol. The smallest absolute Gasteiger partial charge is 0.0860 e. The molecule has 0 saturated carbocycles. The van der Waals surface area contributed by atoms with Crippen LogP contribution in [0.1, 0.15) is 19.3 Å². The first-order valence-electron chi connectivity index (χ1n) is 5.44. The van der Waals surface area contributed by atoms with Crippen molar-refractivity contribution in [3.05, 3.63) is 12.2 Å². The Labute approximate surface area is 96.0 Å². The van der Waals surface area contributed by atoms with E-state index in [0.29, 0.717) is 19.3 Å². The summed E-state index contributed by atoms with van der Waals surface area (Å²) in [5.41, 5.74) is 0.741. The maximum absolute atomic E-state index is 9.80. The Bertz CT molecular complexity index is 183. The summed E-state index contributed by atoms with van der Waals surface area (Å²) in [5.74, 6) is 0. The summed E-state index contributed by atoms with van der Waals surface area (Å²) in [5, 5.41) is 35.9. The molecular formula is C11H22O5. The quantitative estimate of drug-likeness (QED) is 0.380. The van der Waals surface area contributed by atoms with Crippen molar-refractivity contribution in [2.75, 3.05) is 26.4 Å². The van der Waals surface area contributed by atoms with E-state index in [-0.39, 0.29) is 26.4 Å². The number of hydrogen-bond donors (Lipinski definition) is 4. The highest BCUT2D eigenvalue weighted by atomic mass is 16.5. The van der Waals surface area contributed by atoms with Gasteiger partial charge in [0.25, 0.3) is 0 Å². The van der Waals surface area contributed by atoms with Crippen LogP contribution in [0.4, 0.5) is 0 Å². The largest absolute Gasteiger partial charge is 0.396 e. The molecule has 2 atom stereocenters. The second-order valence-corrected chi connectivity index (χ2v) is 3.64. The van der Waals surface area contributed by atoms with Crippen molar-refractivity contribution in [3.8, 4) is 0 Å². The Hall–Kier alpha value is -0.460. The molecule has 0 fully saturated rings. The molecule has 0 aromatic heterocycles. The summed E-state index contributed by atoms with van der Waals surface area (Å²) in [6.45, 7) is 3.66. The third kappa shape index (κ3) is 6.92. The Kier molecular flexibility index (Phi) is 9.46. The van der Waals surface area contributed by atoms with Gasteiger partial charge < -0.3 is 25.2 Å². The van der Waals surface area contributed by atoms with E-state index in [1.807, 2.05) is 0 Å². The lowest BCUT2D eigenvalue weighted by Gasteiger charge is -2.23.